The average Bonchev–Trinajstić information content (AvgIpc) is 3.34. The number of aromatic nitrogens is 2. The van der Waals surface area contributed by atoms with E-state index in [-0.39, 0.29) is 17.6 Å². The fourth-order valence-corrected chi connectivity index (χ4v) is 3.76. The first-order chi connectivity index (χ1) is 16.2. The molecule has 0 amide bonds. The molecule has 1 aliphatic carbocycles. The minimum atomic E-state index is -0.531. The molecule has 1 aliphatic rings. The van der Waals surface area contributed by atoms with Crippen molar-refractivity contribution >= 4 is 12.2 Å². The minimum absolute atomic E-state index is 0.0464. The number of hydrogen-bond donors (Lipinski definition) is 2. The van der Waals surface area contributed by atoms with Crippen LogP contribution in [0.2, 0.25) is 0 Å². The Morgan fingerprint density at radius 2 is 2.00 bits per heavy atom. The quantitative estimate of drug-likeness (QED) is 0.392. The van der Waals surface area contributed by atoms with E-state index in [1.807, 2.05) is 49.4 Å². The van der Waals surface area contributed by atoms with Crippen LogP contribution in [0.3, 0.4) is 0 Å². The second kappa shape index (κ2) is 10.5. The molecule has 0 radical (unpaired) electrons. The second-order valence-corrected chi connectivity index (χ2v) is 7.65. The predicted molar refractivity (Wildman–Crippen MR) is 127 cm³/mol. The van der Waals surface area contributed by atoms with E-state index in [9.17, 15) is 10.1 Å². The topological polar surface area (TPSA) is 112 Å². The van der Waals surface area contributed by atoms with E-state index in [4.69, 9.17) is 9.47 Å². The van der Waals surface area contributed by atoms with Crippen LogP contribution in [0.5, 0.6) is 11.5 Å². The zero-order chi connectivity index (χ0) is 23.0. The maximum absolute atomic E-state index is 12.4. The van der Waals surface area contributed by atoms with Crippen molar-refractivity contribution in [3.8, 4) is 28.8 Å². The molecule has 8 heteroatoms. The number of rotatable bonds is 8. The molecule has 0 atom stereocenters. The van der Waals surface area contributed by atoms with Gasteiger partial charge in [0.1, 0.15) is 11.6 Å². The second-order valence-electron chi connectivity index (χ2n) is 7.65. The van der Waals surface area contributed by atoms with Gasteiger partial charge in [-0.05, 0) is 56.4 Å². The molecule has 1 fully saturated rings. The number of hydrazone groups is 1. The summed E-state index contributed by atoms with van der Waals surface area (Å²) in [7, 11) is 0. The third-order valence-electron chi connectivity index (χ3n) is 5.33. The van der Waals surface area contributed by atoms with Crippen LogP contribution >= 0.6 is 0 Å². The lowest BCUT2D eigenvalue weighted by atomic mass is 10.1. The molecular weight excluding hydrogens is 418 g/mol. The van der Waals surface area contributed by atoms with Gasteiger partial charge in [-0.25, -0.2) is 10.4 Å². The summed E-state index contributed by atoms with van der Waals surface area (Å²) >= 11 is 0. The lowest BCUT2D eigenvalue weighted by Crippen LogP contribution is -2.16. The van der Waals surface area contributed by atoms with Crippen LogP contribution in [0.4, 0.5) is 5.95 Å². The predicted octanol–water partition coefficient (Wildman–Crippen LogP) is 4.47. The van der Waals surface area contributed by atoms with Crippen molar-refractivity contribution in [2.45, 2.75) is 38.7 Å². The molecule has 1 aromatic heterocycles. The van der Waals surface area contributed by atoms with Gasteiger partial charge in [-0.3, -0.25) is 9.78 Å². The molecule has 0 bridgehead atoms. The number of anilines is 1. The Hall–Kier alpha value is -4.12. The van der Waals surface area contributed by atoms with Gasteiger partial charge in [0.05, 0.1) is 24.6 Å². The number of aromatic amines is 1. The van der Waals surface area contributed by atoms with Crippen molar-refractivity contribution in [1.82, 2.24) is 9.97 Å². The van der Waals surface area contributed by atoms with Gasteiger partial charge in [0.25, 0.3) is 5.56 Å². The monoisotopic (exact) mass is 443 g/mol. The number of hydrogen-bond acceptors (Lipinski definition) is 7. The first kappa shape index (κ1) is 22.1. The van der Waals surface area contributed by atoms with Crippen molar-refractivity contribution in [2.24, 2.45) is 5.10 Å². The minimum Gasteiger partial charge on any atom is -0.490 e. The van der Waals surface area contributed by atoms with Crippen LogP contribution in [-0.4, -0.2) is 28.9 Å². The van der Waals surface area contributed by atoms with E-state index in [0.29, 0.717) is 23.6 Å². The Bertz CT molecular complexity index is 1230. The Balaban J connectivity index is 1.53. The third kappa shape index (κ3) is 5.39. The van der Waals surface area contributed by atoms with Crippen LogP contribution in [0.25, 0.3) is 11.3 Å². The molecule has 2 aromatic carbocycles. The van der Waals surface area contributed by atoms with Crippen LogP contribution in [0.15, 0.2) is 58.4 Å². The van der Waals surface area contributed by atoms with Crippen LogP contribution < -0.4 is 20.5 Å². The summed E-state index contributed by atoms with van der Waals surface area (Å²) in [6, 6.07) is 16.6. The van der Waals surface area contributed by atoms with E-state index >= 15 is 0 Å². The maximum Gasteiger partial charge on any atom is 0.270 e. The molecule has 1 saturated carbocycles. The molecule has 8 nitrogen and oxygen atoms in total. The number of nitriles is 1. The van der Waals surface area contributed by atoms with E-state index in [0.717, 1.165) is 24.2 Å². The Kier molecular flexibility index (Phi) is 7.00. The molecule has 33 heavy (non-hydrogen) atoms. The average molecular weight is 444 g/mol. The lowest BCUT2D eigenvalue weighted by Gasteiger charge is -2.16. The van der Waals surface area contributed by atoms with Crippen molar-refractivity contribution in [3.63, 3.8) is 0 Å². The number of H-pyrrole nitrogens is 1. The summed E-state index contributed by atoms with van der Waals surface area (Å²) in [5.74, 6) is 1.55. The van der Waals surface area contributed by atoms with Gasteiger partial charge in [0.15, 0.2) is 11.5 Å². The molecule has 0 aliphatic heterocycles. The fourth-order valence-electron chi connectivity index (χ4n) is 3.76. The lowest BCUT2D eigenvalue weighted by molar-refractivity contribution is 0.197. The Morgan fingerprint density at radius 3 is 2.73 bits per heavy atom. The van der Waals surface area contributed by atoms with E-state index in [1.165, 1.54) is 12.8 Å². The number of nitrogens with one attached hydrogen (secondary N) is 2. The summed E-state index contributed by atoms with van der Waals surface area (Å²) in [6.07, 6.45) is 6.37. The standard InChI is InChI=1S/C25H25N5O3/c1-2-32-22-14-17(12-13-21(22)33-19-10-6-7-11-19)16-27-30-25-28-23(18-8-4-3-5-9-18)20(15-26)24(31)29-25/h3-5,8-9,12-14,16,19H,2,6-7,10-11H2,1H3,(H2,28,29,30,31). The summed E-state index contributed by atoms with van der Waals surface area (Å²) in [5.41, 5.74) is 3.93. The highest BCUT2D eigenvalue weighted by atomic mass is 16.5. The molecule has 3 aromatic rings. The van der Waals surface area contributed by atoms with Gasteiger partial charge < -0.3 is 9.47 Å². The van der Waals surface area contributed by atoms with Gasteiger partial charge in [-0.15, -0.1) is 0 Å². The fraction of sp³-hybridized carbons (Fsp3) is 0.280. The number of benzene rings is 2. The van der Waals surface area contributed by atoms with Gasteiger partial charge in [-0.2, -0.15) is 10.4 Å². The highest BCUT2D eigenvalue weighted by molar-refractivity contribution is 5.81. The summed E-state index contributed by atoms with van der Waals surface area (Å²) in [4.78, 5) is 19.3. The van der Waals surface area contributed by atoms with Crippen LogP contribution in [0.1, 0.15) is 43.7 Å². The first-order valence-electron chi connectivity index (χ1n) is 11.0. The molecule has 4 rings (SSSR count). The van der Waals surface area contributed by atoms with E-state index in [1.54, 1.807) is 18.3 Å². The zero-order valence-corrected chi connectivity index (χ0v) is 18.4. The van der Waals surface area contributed by atoms with Crippen LogP contribution in [-0.2, 0) is 0 Å². The highest BCUT2D eigenvalue weighted by Gasteiger charge is 2.18. The summed E-state index contributed by atoms with van der Waals surface area (Å²) in [6.45, 7) is 2.46. The van der Waals surface area contributed by atoms with Gasteiger partial charge in [-0.1, -0.05) is 30.3 Å². The van der Waals surface area contributed by atoms with Crippen molar-refractivity contribution < 1.29 is 9.47 Å². The molecular formula is C25H25N5O3. The molecule has 0 unspecified atom stereocenters. The van der Waals surface area contributed by atoms with Crippen molar-refractivity contribution in [3.05, 3.63) is 70.0 Å². The first-order valence-corrected chi connectivity index (χ1v) is 11.0. The molecule has 1 heterocycles. The molecule has 168 valence electrons. The number of nitrogens with zero attached hydrogens (tertiary/aromatic N) is 3. The molecule has 2 N–H and O–H groups in total. The Morgan fingerprint density at radius 1 is 1.21 bits per heavy atom. The zero-order valence-electron chi connectivity index (χ0n) is 18.4. The smallest absolute Gasteiger partial charge is 0.270 e. The van der Waals surface area contributed by atoms with E-state index in [2.05, 4.69) is 20.5 Å². The van der Waals surface area contributed by atoms with Crippen LogP contribution in [0, 0.1) is 11.3 Å². The van der Waals surface area contributed by atoms with Crippen molar-refractivity contribution in [1.29, 1.82) is 5.26 Å². The molecule has 0 spiro atoms. The van der Waals surface area contributed by atoms with E-state index < -0.39 is 5.56 Å². The summed E-state index contributed by atoms with van der Waals surface area (Å²) < 4.78 is 11.9. The Labute approximate surface area is 191 Å². The third-order valence-corrected chi connectivity index (χ3v) is 5.33. The molecule has 0 saturated heterocycles. The van der Waals surface area contributed by atoms with Gasteiger partial charge in [0.2, 0.25) is 5.95 Å². The highest BCUT2D eigenvalue weighted by Crippen LogP contribution is 2.32. The normalized spacial score (nSPS) is 13.7. The maximum atomic E-state index is 12.4. The van der Waals surface area contributed by atoms with Gasteiger partial charge >= 0.3 is 0 Å². The van der Waals surface area contributed by atoms with Gasteiger partial charge in [0, 0.05) is 5.56 Å². The largest absolute Gasteiger partial charge is 0.490 e. The number of ether oxygens (including phenoxy) is 2. The van der Waals surface area contributed by atoms with Crippen molar-refractivity contribution in [2.75, 3.05) is 12.0 Å². The SMILES string of the molecule is CCOc1cc(C=NNc2nc(-c3ccccc3)c(C#N)c(=O)[nH]2)ccc1OC1CCCC1. The summed E-state index contributed by atoms with van der Waals surface area (Å²) in [5, 5.41) is 13.6.